The zero-order chi connectivity index (χ0) is 14.7. The summed E-state index contributed by atoms with van der Waals surface area (Å²) in [6.45, 7) is 3.56. The molecule has 1 heterocycles. The summed E-state index contributed by atoms with van der Waals surface area (Å²) < 4.78 is 0. The number of nitro benzene ring substituents is 1. The van der Waals surface area contributed by atoms with Crippen LogP contribution >= 0.6 is 0 Å². The van der Waals surface area contributed by atoms with Gasteiger partial charge in [0.15, 0.2) is 0 Å². The summed E-state index contributed by atoms with van der Waals surface area (Å²) in [4.78, 5) is 22.4. The number of anilines is 1. The number of nitro groups is 1. The van der Waals surface area contributed by atoms with E-state index in [9.17, 15) is 14.9 Å². The smallest absolute Gasteiger partial charge is 0.273 e. The Morgan fingerprint density at radius 3 is 2.70 bits per heavy atom. The lowest BCUT2D eigenvalue weighted by atomic mass is 10.1. The van der Waals surface area contributed by atoms with E-state index in [0.29, 0.717) is 16.9 Å². The summed E-state index contributed by atoms with van der Waals surface area (Å²) in [5.41, 5.74) is 2.38. The molecule has 7 nitrogen and oxygen atoms in total. The monoisotopic (exact) mass is 274 g/mol. The van der Waals surface area contributed by atoms with Crippen molar-refractivity contribution in [1.29, 1.82) is 0 Å². The largest absolute Gasteiger partial charge is 0.323 e. The van der Waals surface area contributed by atoms with Crippen LogP contribution in [0.4, 0.5) is 11.4 Å². The quantitative estimate of drug-likeness (QED) is 0.658. The molecule has 2 rings (SSSR count). The number of aryl methyl sites for hydroxylation is 2. The molecule has 0 radical (unpaired) electrons. The van der Waals surface area contributed by atoms with Gasteiger partial charge in [-0.3, -0.25) is 20.0 Å². The standard InChI is InChI=1S/C13H14N4O3/c1-8-13(9(2)16-15-8)14-12(18)7-10-5-3-4-6-11(10)17(19)20/h3-6H,7H2,1-2H3,(H,14,18)(H,15,16). The van der Waals surface area contributed by atoms with E-state index in [1.165, 1.54) is 6.07 Å². The van der Waals surface area contributed by atoms with Crippen molar-refractivity contribution in [3.8, 4) is 0 Å². The maximum atomic E-state index is 12.0. The van der Waals surface area contributed by atoms with Crippen molar-refractivity contribution in [2.24, 2.45) is 0 Å². The van der Waals surface area contributed by atoms with Gasteiger partial charge in [-0.1, -0.05) is 18.2 Å². The Hall–Kier alpha value is -2.70. The third-order valence-electron chi connectivity index (χ3n) is 2.93. The second-order valence-electron chi connectivity index (χ2n) is 4.42. The Morgan fingerprint density at radius 2 is 2.10 bits per heavy atom. The molecule has 7 heteroatoms. The first kappa shape index (κ1) is 13.7. The molecule has 1 aromatic carbocycles. The number of aromatic amines is 1. The lowest BCUT2D eigenvalue weighted by molar-refractivity contribution is -0.385. The Bertz CT molecular complexity index is 644. The van der Waals surface area contributed by atoms with Crippen molar-refractivity contribution in [3.63, 3.8) is 0 Å². The third kappa shape index (κ3) is 2.82. The molecular weight excluding hydrogens is 260 g/mol. The fourth-order valence-corrected chi connectivity index (χ4v) is 1.93. The first-order chi connectivity index (χ1) is 9.49. The van der Waals surface area contributed by atoms with Crippen LogP contribution in [0.25, 0.3) is 0 Å². The number of hydrogen-bond donors (Lipinski definition) is 2. The fraction of sp³-hybridized carbons (Fsp3) is 0.231. The first-order valence-electron chi connectivity index (χ1n) is 6.02. The van der Waals surface area contributed by atoms with Gasteiger partial charge in [0, 0.05) is 11.6 Å². The molecule has 0 atom stereocenters. The number of para-hydroxylation sites is 1. The second-order valence-corrected chi connectivity index (χ2v) is 4.42. The number of carbonyl (C=O) groups is 1. The average Bonchev–Trinajstić information content (AvgIpc) is 2.71. The maximum absolute atomic E-state index is 12.0. The van der Waals surface area contributed by atoms with Gasteiger partial charge in [0.25, 0.3) is 5.69 Å². The highest BCUT2D eigenvalue weighted by molar-refractivity contribution is 5.93. The lowest BCUT2D eigenvalue weighted by Crippen LogP contribution is -2.16. The van der Waals surface area contributed by atoms with Gasteiger partial charge < -0.3 is 5.32 Å². The Morgan fingerprint density at radius 1 is 1.40 bits per heavy atom. The van der Waals surface area contributed by atoms with Crippen molar-refractivity contribution in [1.82, 2.24) is 10.2 Å². The van der Waals surface area contributed by atoms with E-state index >= 15 is 0 Å². The molecule has 0 saturated heterocycles. The topological polar surface area (TPSA) is 101 Å². The predicted molar refractivity (Wildman–Crippen MR) is 73.5 cm³/mol. The van der Waals surface area contributed by atoms with Gasteiger partial charge in [-0.05, 0) is 13.8 Å². The molecule has 20 heavy (non-hydrogen) atoms. The van der Waals surface area contributed by atoms with Crippen molar-refractivity contribution < 1.29 is 9.72 Å². The molecule has 1 aromatic heterocycles. The maximum Gasteiger partial charge on any atom is 0.273 e. The van der Waals surface area contributed by atoms with Crippen molar-refractivity contribution in [3.05, 3.63) is 51.3 Å². The zero-order valence-electron chi connectivity index (χ0n) is 11.1. The number of carbonyl (C=O) groups excluding carboxylic acids is 1. The van der Waals surface area contributed by atoms with E-state index in [0.717, 1.165) is 5.69 Å². The summed E-state index contributed by atoms with van der Waals surface area (Å²) in [6, 6.07) is 6.21. The van der Waals surface area contributed by atoms with E-state index in [4.69, 9.17) is 0 Å². The Balaban J connectivity index is 2.15. The van der Waals surface area contributed by atoms with Crippen LogP contribution in [-0.2, 0) is 11.2 Å². The summed E-state index contributed by atoms with van der Waals surface area (Å²) >= 11 is 0. The van der Waals surface area contributed by atoms with Crippen LogP contribution in [-0.4, -0.2) is 21.0 Å². The lowest BCUT2D eigenvalue weighted by Gasteiger charge is -2.05. The van der Waals surface area contributed by atoms with E-state index in [-0.39, 0.29) is 18.0 Å². The summed E-state index contributed by atoms with van der Waals surface area (Å²) in [7, 11) is 0. The highest BCUT2D eigenvalue weighted by atomic mass is 16.6. The van der Waals surface area contributed by atoms with Gasteiger partial charge in [-0.15, -0.1) is 0 Å². The van der Waals surface area contributed by atoms with Crippen molar-refractivity contribution >= 4 is 17.3 Å². The first-order valence-corrected chi connectivity index (χ1v) is 6.02. The molecule has 104 valence electrons. The minimum atomic E-state index is -0.489. The van der Waals surface area contributed by atoms with Crippen LogP contribution in [0.2, 0.25) is 0 Å². The number of H-pyrrole nitrogens is 1. The number of benzene rings is 1. The molecule has 0 unspecified atom stereocenters. The molecular formula is C13H14N4O3. The molecule has 0 bridgehead atoms. The predicted octanol–water partition coefficient (Wildman–Crippen LogP) is 2.12. The van der Waals surface area contributed by atoms with Gasteiger partial charge >= 0.3 is 0 Å². The van der Waals surface area contributed by atoms with Crippen LogP contribution in [0.5, 0.6) is 0 Å². The van der Waals surface area contributed by atoms with Crippen LogP contribution < -0.4 is 5.32 Å². The molecule has 0 aliphatic heterocycles. The molecule has 2 aromatic rings. The van der Waals surface area contributed by atoms with E-state index < -0.39 is 4.92 Å². The molecule has 0 fully saturated rings. The van der Waals surface area contributed by atoms with Crippen LogP contribution in [0.3, 0.4) is 0 Å². The second kappa shape index (κ2) is 5.52. The number of hydrogen-bond acceptors (Lipinski definition) is 4. The highest BCUT2D eigenvalue weighted by Gasteiger charge is 2.17. The van der Waals surface area contributed by atoms with Gasteiger partial charge in [0.05, 0.1) is 28.4 Å². The minimum Gasteiger partial charge on any atom is -0.323 e. The van der Waals surface area contributed by atoms with E-state index in [1.807, 2.05) is 0 Å². The van der Waals surface area contributed by atoms with Crippen LogP contribution in [0, 0.1) is 24.0 Å². The van der Waals surface area contributed by atoms with Crippen LogP contribution in [0.1, 0.15) is 17.0 Å². The number of rotatable bonds is 4. The zero-order valence-corrected chi connectivity index (χ0v) is 11.1. The molecule has 0 saturated carbocycles. The van der Waals surface area contributed by atoms with E-state index in [2.05, 4.69) is 15.5 Å². The molecule has 2 N–H and O–H groups in total. The number of amides is 1. The Kier molecular flexibility index (Phi) is 3.79. The average molecular weight is 274 g/mol. The molecule has 0 spiro atoms. The third-order valence-corrected chi connectivity index (χ3v) is 2.93. The fourth-order valence-electron chi connectivity index (χ4n) is 1.93. The normalized spacial score (nSPS) is 10.3. The Labute approximate surface area is 115 Å². The molecule has 0 aliphatic rings. The molecule has 1 amide bonds. The van der Waals surface area contributed by atoms with Gasteiger partial charge in [0.2, 0.25) is 5.91 Å². The highest BCUT2D eigenvalue weighted by Crippen LogP contribution is 2.20. The van der Waals surface area contributed by atoms with Gasteiger partial charge in [-0.25, -0.2) is 0 Å². The number of aromatic nitrogens is 2. The van der Waals surface area contributed by atoms with Crippen LogP contribution in [0.15, 0.2) is 24.3 Å². The van der Waals surface area contributed by atoms with E-state index in [1.54, 1.807) is 32.0 Å². The van der Waals surface area contributed by atoms with Crippen molar-refractivity contribution in [2.45, 2.75) is 20.3 Å². The summed E-state index contributed by atoms with van der Waals surface area (Å²) in [5, 5.41) is 20.3. The van der Waals surface area contributed by atoms with Gasteiger partial charge in [-0.2, -0.15) is 5.10 Å². The van der Waals surface area contributed by atoms with Crippen molar-refractivity contribution in [2.75, 3.05) is 5.32 Å². The molecule has 0 aliphatic carbocycles. The number of nitrogens with zero attached hydrogens (tertiary/aromatic N) is 2. The SMILES string of the molecule is Cc1n[nH]c(C)c1NC(=O)Cc1ccccc1[N+](=O)[O-]. The summed E-state index contributed by atoms with van der Waals surface area (Å²) in [6.07, 6.45) is -0.0544. The minimum absolute atomic E-state index is 0.0525. The van der Waals surface area contributed by atoms with Gasteiger partial charge in [0.1, 0.15) is 0 Å². The number of nitrogens with one attached hydrogen (secondary N) is 2. The summed E-state index contributed by atoms with van der Waals surface area (Å²) in [5.74, 6) is -0.313.